The third-order valence-electron chi connectivity index (χ3n) is 3.83. The molecule has 0 spiro atoms. The Morgan fingerprint density at radius 1 is 0.950 bits per heavy atom. The molecule has 0 atom stereocenters. The van der Waals surface area contributed by atoms with Gasteiger partial charge in [-0.3, -0.25) is 4.79 Å². The van der Waals surface area contributed by atoms with Crippen LogP contribution in [0.15, 0.2) is 47.3 Å². The van der Waals surface area contributed by atoms with Gasteiger partial charge in [0.2, 0.25) is 0 Å². The molecular weight excluding hydrogens is 272 g/mol. The fraction of sp³-hybridized carbons (Fsp3) is 0.0625. The van der Waals surface area contributed by atoms with Crippen LogP contribution in [0.5, 0.6) is 0 Å². The standard InChI is InChI=1S/C16H11ClN2O/c1-19-14-11(7-4-8-12(14)17)13-15(19)9-5-2-3-6-10(9)16(20)18-13/h2-8H,1H3,(H,18,20). The van der Waals surface area contributed by atoms with Crippen molar-refractivity contribution in [2.75, 3.05) is 0 Å². The van der Waals surface area contributed by atoms with Crippen LogP contribution in [-0.2, 0) is 7.05 Å². The quantitative estimate of drug-likeness (QED) is 0.523. The first kappa shape index (κ1) is 11.6. The molecule has 0 aliphatic heterocycles. The van der Waals surface area contributed by atoms with E-state index in [9.17, 15) is 4.79 Å². The Morgan fingerprint density at radius 2 is 1.65 bits per heavy atom. The predicted molar refractivity (Wildman–Crippen MR) is 83.6 cm³/mol. The number of aryl methyl sites for hydroxylation is 1. The number of rotatable bonds is 0. The average Bonchev–Trinajstić information content (AvgIpc) is 2.74. The van der Waals surface area contributed by atoms with Gasteiger partial charge in [0.1, 0.15) is 0 Å². The zero-order valence-electron chi connectivity index (χ0n) is 10.8. The second kappa shape index (κ2) is 3.87. The molecule has 0 saturated heterocycles. The summed E-state index contributed by atoms with van der Waals surface area (Å²) in [5.41, 5.74) is 2.72. The first-order chi connectivity index (χ1) is 9.68. The Kier molecular flexibility index (Phi) is 2.24. The van der Waals surface area contributed by atoms with Crippen LogP contribution in [0.25, 0.3) is 32.7 Å². The summed E-state index contributed by atoms with van der Waals surface area (Å²) in [6.45, 7) is 0. The minimum absolute atomic E-state index is 0.0689. The maximum Gasteiger partial charge on any atom is 0.256 e. The van der Waals surface area contributed by atoms with Gasteiger partial charge in [0.15, 0.2) is 0 Å². The third-order valence-corrected chi connectivity index (χ3v) is 4.13. The summed E-state index contributed by atoms with van der Waals surface area (Å²) < 4.78 is 2.05. The van der Waals surface area contributed by atoms with Gasteiger partial charge in [-0.25, -0.2) is 0 Å². The smallest absolute Gasteiger partial charge is 0.256 e. The molecule has 20 heavy (non-hydrogen) atoms. The van der Waals surface area contributed by atoms with E-state index < -0.39 is 0 Å². The van der Waals surface area contributed by atoms with Crippen LogP contribution in [-0.4, -0.2) is 9.55 Å². The molecule has 3 nitrogen and oxygen atoms in total. The van der Waals surface area contributed by atoms with E-state index in [-0.39, 0.29) is 5.56 Å². The van der Waals surface area contributed by atoms with E-state index in [0.29, 0.717) is 10.4 Å². The Balaban J connectivity index is 2.45. The highest BCUT2D eigenvalue weighted by atomic mass is 35.5. The number of nitrogens with one attached hydrogen (secondary N) is 1. The van der Waals surface area contributed by atoms with E-state index in [1.807, 2.05) is 54.1 Å². The molecule has 2 aromatic heterocycles. The van der Waals surface area contributed by atoms with Crippen LogP contribution in [0.1, 0.15) is 0 Å². The maximum absolute atomic E-state index is 12.2. The highest BCUT2D eigenvalue weighted by Crippen LogP contribution is 2.33. The molecule has 4 heteroatoms. The van der Waals surface area contributed by atoms with Crippen molar-refractivity contribution in [1.82, 2.24) is 9.55 Å². The van der Waals surface area contributed by atoms with Gasteiger partial charge in [0.05, 0.1) is 21.6 Å². The molecule has 0 saturated carbocycles. The fourth-order valence-electron chi connectivity index (χ4n) is 2.98. The highest BCUT2D eigenvalue weighted by molar-refractivity contribution is 6.36. The molecule has 0 aliphatic rings. The molecule has 2 heterocycles. The van der Waals surface area contributed by atoms with Crippen LogP contribution in [0.4, 0.5) is 0 Å². The number of aromatic amines is 1. The van der Waals surface area contributed by atoms with Gasteiger partial charge in [0, 0.05) is 23.2 Å². The zero-order chi connectivity index (χ0) is 13.9. The van der Waals surface area contributed by atoms with E-state index in [1.165, 1.54) is 0 Å². The minimum Gasteiger partial charge on any atom is -0.341 e. The van der Waals surface area contributed by atoms with E-state index in [1.54, 1.807) is 0 Å². The highest BCUT2D eigenvalue weighted by Gasteiger charge is 2.14. The number of hydrogen-bond donors (Lipinski definition) is 1. The van der Waals surface area contributed by atoms with Gasteiger partial charge in [0.25, 0.3) is 5.56 Å². The minimum atomic E-state index is -0.0689. The van der Waals surface area contributed by atoms with Crippen LogP contribution in [0.3, 0.4) is 0 Å². The van der Waals surface area contributed by atoms with Crippen LogP contribution in [0.2, 0.25) is 5.02 Å². The van der Waals surface area contributed by atoms with Crippen molar-refractivity contribution in [3.63, 3.8) is 0 Å². The molecule has 2 aromatic carbocycles. The van der Waals surface area contributed by atoms with Gasteiger partial charge in [-0.1, -0.05) is 41.9 Å². The second-order valence-corrected chi connectivity index (χ2v) is 5.33. The van der Waals surface area contributed by atoms with Crippen molar-refractivity contribution in [3.05, 3.63) is 57.8 Å². The molecule has 1 N–H and O–H groups in total. The van der Waals surface area contributed by atoms with Gasteiger partial charge in [-0.15, -0.1) is 0 Å². The molecule has 4 rings (SSSR count). The maximum atomic E-state index is 12.2. The Bertz CT molecular complexity index is 1040. The summed E-state index contributed by atoms with van der Waals surface area (Å²) in [6, 6.07) is 13.4. The normalized spacial score (nSPS) is 11.7. The summed E-state index contributed by atoms with van der Waals surface area (Å²) in [5.74, 6) is 0. The predicted octanol–water partition coefficient (Wildman–Crippen LogP) is 3.83. The number of benzene rings is 2. The lowest BCUT2D eigenvalue weighted by molar-refractivity contribution is 1.02. The molecular formula is C16H11ClN2O. The number of halogens is 1. The molecule has 0 unspecified atom stereocenters. The molecule has 98 valence electrons. The number of aromatic nitrogens is 2. The number of hydrogen-bond acceptors (Lipinski definition) is 1. The van der Waals surface area contributed by atoms with Crippen LogP contribution >= 0.6 is 11.6 Å². The summed E-state index contributed by atoms with van der Waals surface area (Å²) in [4.78, 5) is 15.2. The Labute approximate surface area is 119 Å². The van der Waals surface area contributed by atoms with Crippen molar-refractivity contribution in [3.8, 4) is 0 Å². The van der Waals surface area contributed by atoms with E-state index in [2.05, 4.69) is 4.98 Å². The van der Waals surface area contributed by atoms with Crippen LogP contribution in [0, 0.1) is 0 Å². The lowest BCUT2D eigenvalue weighted by Gasteiger charge is -2.03. The first-order valence-corrected chi connectivity index (χ1v) is 6.74. The average molecular weight is 283 g/mol. The summed E-state index contributed by atoms with van der Waals surface area (Å²) in [7, 11) is 1.97. The van der Waals surface area contributed by atoms with Gasteiger partial charge >= 0.3 is 0 Å². The second-order valence-electron chi connectivity index (χ2n) is 4.92. The number of para-hydroxylation sites is 1. The van der Waals surface area contributed by atoms with Crippen molar-refractivity contribution in [2.24, 2.45) is 7.05 Å². The van der Waals surface area contributed by atoms with Crippen molar-refractivity contribution in [1.29, 1.82) is 0 Å². The van der Waals surface area contributed by atoms with E-state index in [4.69, 9.17) is 11.6 Å². The lowest BCUT2D eigenvalue weighted by atomic mass is 10.1. The molecule has 4 aromatic rings. The lowest BCUT2D eigenvalue weighted by Crippen LogP contribution is -2.06. The number of pyridine rings is 1. The summed E-state index contributed by atoms with van der Waals surface area (Å²) in [5, 5.41) is 3.30. The van der Waals surface area contributed by atoms with Crippen molar-refractivity contribution >= 4 is 44.3 Å². The first-order valence-electron chi connectivity index (χ1n) is 6.36. The Morgan fingerprint density at radius 3 is 2.45 bits per heavy atom. The van der Waals surface area contributed by atoms with E-state index >= 15 is 0 Å². The van der Waals surface area contributed by atoms with Gasteiger partial charge in [-0.2, -0.15) is 0 Å². The SMILES string of the molecule is Cn1c2c(Cl)cccc2c2[nH]c(=O)c3ccccc3c21. The fourth-order valence-corrected chi connectivity index (χ4v) is 3.28. The monoisotopic (exact) mass is 282 g/mol. The number of nitrogens with zero attached hydrogens (tertiary/aromatic N) is 1. The molecule has 0 aliphatic carbocycles. The molecule has 0 radical (unpaired) electrons. The van der Waals surface area contributed by atoms with Gasteiger partial charge in [-0.05, 0) is 12.1 Å². The van der Waals surface area contributed by atoms with Crippen molar-refractivity contribution < 1.29 is 0 Å². The Hall–Kier alpha value is -2.26. The number of fused-ring (bicyclic) bond motifs is 5. The third kappa shape index (κ3) is 1.33. The zero-order valence-corrected chi connectivity index (χ0v) is 11.5. The summed E-state index contributed by atoms with van der Waals surface area (Å²) >= 11 is 6.31. The largest absolute Gasteiger partial charge is 0.341 e. The van der Waals surface area contributed by atoms with E-state index in [0.717, 1.165) is 27.3 Å². The van der Waals surface area contributed by atoms with Crippen LogP contribution < -0.4 is 5.56 Å². The molecule has 0 fully saturated rings. The molecule has 0 bridgehead atoms. The van der Waals surface area contributed by atoms with Gasteiger partial charge < -0.3 is 9.55 Å². The molecule has 0 amide bonds. The summed E-state index contributed by atoms with van der Waals surface area (Å²) in [6.07, 6.45) is 0. The topological polar surface area (TPSA) is 37.8 Å². The number of H-pyrrole nitrogens is 1. The van der Waals surface area contributed by atoms with Crippen molar-refractivity contribution in [2.45, 2.75) is 0 Å².